The van der Waals surface area contributed by atoms with Gasteiger partial charge in [0.2, 0.25) is 17.8 Å². The average Bonchev–Trinajstić information content (AvgIpc) is 2.88. The molecule has 154 valence electrons. The monoisotopic (exact) mass is 393 g/mol. The van der Waals surface area contributed by atoms with Gasteiger partial charge in [-0.05, 0) is 0 Å². The molecule has 0 saturated carbocycles. The van der Waals surface area contributed by atoms with Crippen molar-refractivity contribution < 1.29 is 54.5 Å². The van der Waals surface area contributed by atoms with E-state index in [2.05, 4.69) is 14.8 Å². The number of hydrogen-bond donors (Lipinski definition) is 7. The van der Waals surface area contributed by atoms with Crippen LogP contribution in [0.3, 0.4) is 0 Å². The number of nitrogens with one attached hydrogen (secondary N) is 1. The van der Waals surface area contributed by atoms with E-state index in [1.54, 1.807) is 0 Å². The van der Waals surface area contributed by atoms with Crippen LogP contribution in [0.25, 0.3) is 0 Å². The number of carbonyl (C=O) groups excluding carboxylic acids is 3. The van der Waals surface area contributed by atoms with Crippen molar-refractivity contribution in [2.45, 2.75) is 38.3 Å². The first-order valence-electron chi connectivity index (χ1n) is 7.84. The number of hydrogen-bond acceptors (Lipinski definition) is 11. The second-order valence-electron chi connectivity index (χ2n) is 6.59. The van der Waals surface area contributed by atoms with E-state index in [1.807, 2.05) is 0 Å². The molecule has 0 spiro atoms. The van der Waals surface area contributed by atoms with Gasteiger partial charge in [0.25, 0.3) is 5.79 Å². The summed E-state index contributed by atoms with van der Waals surface area (Å²) in [5.41, 5.74) is -1.11. The van der Waals surface area contributed by atoms with Crippen LogP contribution >= 0.6 is 0 Å². The first-order valence-corrected chi connectivity index (χ1v) is 7.84. The fourth-order valence-corrected chi connectivity index (χ4v) is 2.00. The zero-order valence-corrected chi connectivity index (χ0v) is 14.7. The minimum Gasteiger partial charge on any atom is -0.505 e. The molecule has 0 aliphatic carbocycles. The molecular formula is C15H23NO11. The Bertz CT molecular complexity index is 629. The van der Waals surface area contributed by atoms with Crippen LogP contribution in [0.5, 0.6) is 0 Å². The molecule has 0 saturated heterocycles. The van der Waals surface area contributed by atoms with E-state index in [4.69, 9.17) is 5.11 Å². The second-order valence-corrected chi connectivity index (χ2v) is 6.59. The Morgan fingerprint density at radius 2 is 1.85 bits per heavy atom. The van der Waals surface area contributed by atoms with E-state index in [9.17, 15) is 39.9 Å². The Kier molecular flexibility index (Phi) is 7.14. The number of rotatable bonds is 9. The molecule has 12 nitrogen and oxygen atoms in total. The summed E-state index contributed by atoms with van der Waals surface area (Å²) in [4.78, 5) is 34.7. The number of aliphatic hydroxyl groups excluding tert-OH is 5. The molecule has 1 aliphatic rings. The summed E-state index contributed by atoms with van der Waals surface area (Å²) in [7, 11) is 0. The second kappa shape index (κ2) is 8.52. The van der Waals surface area contributed by atoms with Gasteiger partial charge in [-0.25, -0.2) is 4.79 Å². The minimum absolute atomic E-state index is 0.324. The average molecular weight is 393 g/mol. The van der Waals surface area contributed by atoms with Crippen molar-refractivity contribution in [2.75, 3.05) is 19.8 Å². The van der Waals surface area contributed by atoms with Crippen molar-refractivity contribution in [1.29, 1.82) is 0 Å². The van der Waals surface area contributed by atoms with Crippen molar-refractivity contribution >= 4 is 17.8 Å². The van der Waals surface area contributed by atoms with Gasteiger partial charge in [-0.2, -0.15) is 0 Å². The normalized spacial score (nSPS) is 20.7. The van der Waals surface area contributed by atoms with E-state index < -0.39 is 72.4 Å². The van der Waals surface area contributed by atoms with E-state index in [-0.39, 0.29) is 6.54 Å². The van der Waals surface area contributed by atoms with Gasteiger partial charge >= 0.3 is 11.9 Å². The number of amides is 1. The van der Waals surface area contributed by atoms with Crippen LogP contribution < -0.4 is 5.32 Å². The molecule has 27 heavy (non-hydrogen) atoms. The van der Waals surface area contributed by atoms with Crippen LogP contribution in [0.1, 0.15) is 20.3 Å². The van der Waals surface area contributed by atoms with E-state index in [1.165, 1.54) is 13.8 Å². The molecule has 0 aromatic heterocycles. The van der Waals surface area contributed by atoms with Crippen LogP contribution in [0.2, 0.25) is 0 Å². The lowest BCUT2D eigenvalue weighted by molar-refractivity contribution is -0.259. The smallest absolute Gasteiger partial charge is 0.378 e. The number of esters is 2. The van der Waals surface area contributed by atoms with Gasteiger partial charge in [-0.3, -0.25) is 9.59 Å². The molecule has 1 rings (SSSR count). The molecule has 2 unspecified atom stereocenters. The predicted molar refractivity (Wildman–Crippen MR) is 84.8 cm³/mol. The summed E-state index contributed by atoms with van der Waals surface area (Å²) >= 11 is 0. The number of aliphatic hydroxyl groups is 6. The maximum absolute atomic E-state index is 11.8. The van der Waals surface area contributed by atoms with Crippen molar-refractivity contribution in [2.24, 2.45) is 5.41 Å². The summed E-state index contributed by atoms with van der Waals surface area (Å²) in [5, 5.41) is 59.2. The molecule has 0 aromatic rings. The van der Waals surface area contributed by atoms with Gasteiger partial charge < -0.3 is 45.4 Å². The van der Waals surface area contributed by atoms with Crippen LogP contribution in [0.4, 0.5) is 0 Å². The fourth-order valence-electron chi connectivity index (χ4n) is 2.00. The Balaban J connectivity index is 2.61. The van der Waals surface area contributed by atoms with Gasteiger partial charge in [0, 0.05) is 12.0 Å². The minimum atomic E-state index is -2.86. The predicted octanol–water partition coefficient (Wildman–Crippen LogP) is -2.65. The number of carbonyl (C=O) groups is 3. The quantitative estimate of drug-likeness (QED) is 0.159. The lowest BCUT2D eigenvalue weighted by Crippen LogP contribution is -2.51. The largest absolute Gasteiger partial charge is 0.505 e. The standard InChI is InChI=1S/C15H23NO11/c1-14(2,5-17)10(22)12(23)16-4-3-7(19)27-15(25,6-18)11-8(20)9(21)13(24)26-11/h10-11,17-18,20-22,25H,3-6H2,1-2H3,(H,16,23)/t10-,11?,15?/m0/s1. The third-order valence-electron chi connectivity index (χ3n) is 3.86. The third-order valence-corrected chi connectivity index (χ3v) is 3.86. The van der Waals surface area contributed by atoms with Gasteiger partial charge in [-0.1, -0.05) is 13.8 Å². The molecule has 0 aromatic carbocycles. The summed E-state index contributed by atoms with van der Waals surface area (Å²) < 4.78 is 9.04. The molecule has 0 fully saturated rings. The van der Waals surface area contributed by atoms with Gasteiger partial charge in [0.05, 0.1) is 13.0 Å². The van der Waals surface area contributed by atoms with E-state index >= 15 is 0 Å². The maximum Gasteiger partial charge on any atom is 0.378 e. The lowest BCUT2D eigenvalue weighted by Gasteiger charge is -2.30. The summed E-state index contributed by atoms with van der Waals surface area (Å²) in [5.74, 6) is -8.56. The van der Waals surface area contributed by atoms with Crippen molar-refractivity contribution in [1.82, 2.24) is 5.32 Å². The Morgan fingerprint density at radius 3 is 2.30 bits per heavy atom. The summed E-state index contributed by atoms with van der Waals surface area (Å²) in [6.07, 6.45) is -4.09. The van der Waals surface area contributed by atoms with Crippen LogP contribution in [-0.2, 0) is 23.9 Å². The summed E-state index contributed by atoms with van der Waals surface area (Å²) in [6, 6.07) is 0. The van der Waals surface area contributed by atoms with Crippen molar-refractivity contribution in [3.8, 4) is 0 Å². The molecule has 1 heterocycles. The third kappa shape index (κ3) is 5.07. The Hall–Kier alpha value is -2.41. The molecular weight excluding hydrogens is 370 g/mol. The first-order chi connectivity index (χ1) is 12.4. The van der Waals surface area contributed by atoms with Crippen LogP contribution in [-0.4, -0.2) is 86.2 Å². The highest BCUT2D eigenvalue weighted by molar-refractivity contribution is 5.89. The Morgan fingerprint density at radius 1 is 1.26 bits per heavy atom. The molecule has 3 atom stereocenters. The first kappa shape index (κ1) is 22.6. The van der Waals surface area contributed by atoms with E-state index in [0.717, 1.165) is 0 Å². The number of cyclic esters (lactones) is 1. The topological polar surface area (TPSA) is 203 Å². The van der Waals surface area contributed by atoms with Gasteiger partial charge in [0.15, 0.2) is 5.76 Å². The van der Waals surface area contributed by atoms with Crippen LogP contribution in [0, 0.1) is 5.41 Å². The highest BCUT2D eigenvalue weighted by Crippen LogP contribution is 2.29. The maximum atomic E-state index is 11.8. The van der Waals surface area contributed by atoms with Gasteiger partial charge in [0.1, 0.15) is 12.7 Å². The molecule has 0 bridgehead atoms. The van der Waals surface area contributed by atoms with Crippen LogP contribution in [0.15, 0.2) is 11.5 Å². The zero-order valence-electron chi connectivity index (χ0n) is 14.7. The Labute approximate surface area is 153 Å². The summed E-state index contributed by atoms with van der Waals surface area (Å²) in [6.45, 7) is 0.840. The van der Waals surface area contributed by atoms with Gasteiger partial charge in [-0.15, -0.1) is 0 Å². The SMILES string of the molecule is CC(C)(CO)[C@@H](O)C(=O)NCCC(=O)OC(O)(CO)C1OC(=O)C(O)=C1O. The van der Waals surface area contributed by atoms with Crippen molar-refractivity contribution in [3.63, 3.8) is 0 Å². The molecule has 1 amide bonds. The highest BCUT2D eigenvalue weighted by atomic mass is 16.7. The lowest BCUT2D eigenvalue weighted by atomic mass is 9.87. The highest BCUT2D eigenvalue weighted by Gasteiger charge is 2.52. The zero-order chi connectivity index (χ0) is 21.0. The van der Waals surface area contributed by atoms with Crippen molar-refractivity contribution in [3.05, 3.63) is 11.5 Å². The molecule has 12 heteroatoms. The fraction of sp³-hybridized carbons (Fsp3) is 0.667. The number of ether oxygens (including phenoxy) is 2. The van der Waals surface area contributed by atoms with E-state index in [0.29, 0.717) is 0 Å². The molecule has 7 N–H and O–H groups in total. The molecule has 1 aliphatic heterocycles. The molecule has 0 radical (unpaired) electrons.